The predicted octanol–water partition coefficient (Wildman–Crippen LogP) is 3.08. The van der Waals surface area contributed by atoms with Gasteiger partial charge < -0.3 is 19.7 Å². The summed E-state index contributed by atoms with van der Waals surface area (Å²) < 4.78 is 10.5. The van der Waals surface area contributed by atoms with Crippen molar-refractivity contribution in [2.75, 3.05) is 14.2 Å². The summed E-state index contributed by atoms with van der Waals surface area (Å²) in [5, 5.41) is 19.6. The summed E-state index contributed by atoms with van der Waals surface area (Å²) in [4.78, 5) is 0. The molecule has 0 amide bonds. The van der Waals surface area contributed by atoms with Gasteiger partial charge in [-0.3, -0.25) is 0 Å². The van der Waals surface area contributed by atoms with E-state index in [9.17, 15) is 10.2 Å². The fraction of sp³-hybridized carbons (Fsp3) is 0.294. The first kappa shape index (κ1) is 15.2. The zero-order valence-corrected chi connectivity index (χ0v) is 12.2. The topological polar surface area (TPSA) is 58.9 Å². The molecule has 21 heavy (non-hydrogen) atoms. The van der Waals surface area contributed by atoms with E-state index in [1.807, 2.05) is 18.2 Å². The SMILES string of the molecule is COc1ccc(CC[C@@H](O)c2cccc(O)c2)cc1OC. The Kier molecular flexibility index (Phi) is 5.06. The first-order chi connectivity index (χ1) is 10.1. The van der Waals surface area contributed by atoms with Crippen LogP contribution < -0.4 is 9.47 Å². The highest BCUT2D eigenvalue weighted by Crippen LogP contribution is 2.29. The lowest BCUT2D eigenvalue weighted by Crippen LogP contribution is -2.00. The molecule has 0 saturated carbocycles. The van der Waals surface area contributed by atoms with E-state index in [0.29, 0.717) is 24.3 Å². The second-order valence-corrected chi connectivity index (χ2v) is 4.84. The normalized spacial score (nSPS) is 12.0. The molecule has 4 nitrogen and oxygen atoms in total. The first-order valence-corrected chi connectivity index (χ1v) is 6.82. The minimum absolute atomic E-state index is 0.165. The van der Waals surface area contributed by atoms with Crippen LogP contribution in [0.5, 0.6) is 17.2 Å². The van der Waals surface area contributed by atoms with Crippen molar-refractivity contribution >= 4 is 0 Å². The molecule has 112 valence electrons. The quantitative estimate of drug-likeness (QED) is 0.857. The van der Waals surface area contributed by atoms with Gasteiger partial charge in [0.2, 0.25) is 0 Å². The van der Waals surface area contributed by atoms with Gasteiger partial charge in [-0.2, -0.15) is 0 Å². The Labute approximate surface area is 124 Å². The zero-order chi connectivity index (χ0) is 15.2. The van der Waals surface area contributed by atoms with E-state index in [2.05, 4.69) is 0 Å². The monoisotopic (exact) mass is 288 g/mol. The average Bonchev–Trinajstić information content (AvgIpc) is 2.52. The van der Waals surface area contributed by atoms with Gasteiger partial charge in [0, 0.05) is 0 Å². The molecule has 0 radical (unpaired) electrons. The second kappa shape index (κ2) is 6.99. The largest absolute Gasteiger partial charge is 0.508 e. The molecule has 0 unspecified atom stereocenters. The molecule has 0 spiro atoms. The van der Waals surface area contributed by atoms with E-state index in [-0.39, 0.29) is 5.75 Å². The van der Waals surface area contributed by atoms with Crippen LogP contribution in [0.3, 0.4) is 0 Å². The second-order valence-electron chi connectivity index (χ2n) is 4.84. The molecule has 2 N–H and O–H groups in total. The molecule has 0 saturated heterocycles. The highest BCUT2D eigenvalue weighted by atomic mass is 16.5. The van der Waals surface area contributed by atoms with E-state index >= 15 is 0 Å². The van der Waals surface area contributed by atoms with Crippen molar-refractivity contribution in [3.63, 3.8) is 0 Å². The lowest BCUT2D eigenvalue weighted by atomic mass is 10.0. The van der Waals surface area contributed by atoms with Gasteiger partial charge in [0.25, 0.3) is 0 Å². The molecule has 0 fully saturated rings. The Morgan fingerprint density at radius 1 is 1.00 bits per heavy atom. The van der Waals surface area contributed by atoms with Crippen molar-refractivity contribution in [2.45, 2.75) is 18.9 Å². The van der Waals surface area contributed by atoms with Crippen LogP contribution in [0.2, 0.25) is 0 Å². The molecular weight excluding hydrogens is 268 g/mol. The zero-order valence-electron chi connectivity index (χ0n) is 12.2. The fourth-order valence-corrected chi connectivity index (χ4v) is 2.24. The Morgan fingerprint density at radius 2 is 1.76 bits per heavy atom. The van der Waals surface area contributed by atoms with Crippen LogP contribution in [-0.2, 0) is 6.42 Å². The number of ether oxygens (including phenoxy) is 2. The van der Waals surface area contributed by atoms with Gasteiger partial charge in [-0.1, -0.05) is 18.2 Å². The number of hydrogen-bond acceptors (Lipinski definition) is 4. The fourth-order valence-electron chi connectivity index (χ4n) is 2.24. The standard InChI is InChI=1S/C17H20O4/c1-20-16-9-7-12(10-17(16)21-2)6-8-15(19)13-4-3-5-14(18)11-13/h3-5,7,9-11,15,18-19H,6,8H2,1-2H3/t15-/m1/s1. The molecular formula is C17H20O4. The molecule has 2 aromatic rings. The number of phenolic OH excluding ortho intramolecular Hbond substituents is 1. The van der Waals surface area contributed by atoms with E-state index in [1.165, 1.54) is 0 Å². The summed E-state index contributed by atoms with van der Waals surface area (Å²) in [5.41, 5.74) is 1.78. The lowest BCUT2D eigenvalue weighted by molar-refractivity contribution is 0.167. The lowest BCUT2D eigenvalue weighted by Gasteiger charge is -2.13. The van der Waals surface area contributed by atoms with Crippen LogP contribution in [0.25, 0.3) is 0 Å². The molecule has 2 aromatic carbocycles. The molecule has 0 aliphatic rings. The third kappa shape index (κ3) is 3.89. The third-order valence-corrected chi connectivity index (χ3v) is 3.41. The molecule has 2 rings (SSSR count). The number of aliphatic hydroxyl groups excluding tert-OH is 1. The number of methoxy groups -OCH3 is 2. The summed E-state index contributed by atoms with van der Waals surface area (Å²) in [7, 11) is 3.20. The maximum Gasteiger partial charge on any atom is 0.160 e. The molecule has 1 atom stereocenters. The summed E-state index contributed by atoms with van der Waals surface area (Å²) >= 11 is 0. The summed E-state index contributed by atoms with van der Waals surface area (Å²) in [6, 6.07) is 12.4. The van der Waals surface area contributed by atoms with Crippen LogP contribution in [0.4, 0.5) is 0 Å². The number of aliphatic hydroxyl groups is 1. The van der Waals surface area contributed by atoms with Gasteiger partial charge >= 0.3 is 0 Å². The number of phenols is 1. The van der Waals surface area contributed by atoms with E-state index in [4.69, 9.17) is 9.47 Å². The molecule has 0 bridgehead atoms. The molecule has 0 aromatic heterocycles. The predicted molar refractivity (Wildman–Crippen MR) is 80.9 cm³/mol. The van der Waals surface area contributed by atoms with Crippen LogP contribution in [-0.4, -0.2) is 24.4 Å². The number of aryl methyl sites for hydroxylation is 1. The molecule has 0 heterocycles. The van der Waals surface area contributed by atoms with Crippen molar-refractivity contribution in [1.82, 2.24) is 0 Å². The molecule has 0 aliphatic carbocycles. The molecule has 0 aliphatic heterocycles. The van der Waals surface area contributed by atoms with Crippen molar-refractivity contribution in [3.05, 3.63) is 53.6 Å². The smallest absolute Gasteiger partial charge is 0.160 e. The summed E-state index contributed by atoms with van der Waals surface area (Å²) in [6.45, 7) is 0. The number of rotatable bonds is 6. The van der Waals surface area contributed by atoms with Gasteiger partial charge in [0.15, 0.2) is 11.5 Å². The highest BCUT2D eigenvalue weighted by Gasteiger charge is 2.10. The van der Waals surface area contributed by atoms with E-state index in [1.54, 1.807) is 38.5 Å². The van der Waals surface area contributed by atoms with E-state index < -0.39 is 6.10 Å². The first-order valence-electron chi connectivity index (χ1n) is 6.82. The van der Waals surface area contributed by atoms with Crippen LogP contribution >= 0.6 is 0 Å². The molecule has 4 heteroatoms. The van der Waals surface area contributed by atoms with Gasteiger partial charge in [-0.25, -0.2) is 0 Å². The number of benzene rings is 2. The maximum atomic E-state index is 10.2. The van der Waals surface area contributed by atoms with Crippen molar-refractivity contribution < 1.29 is 19.7 Å². The van der Waals surface area contributed by atoms with Crippen molar-refractivity contribution in [1.29, 1.82) is 0 Å². The Balaban J connectivity index is 2.02. The minimum Gasteiger partial charge on any atom is -0.508 e. The third-order valence-electron chi connectivity index (χ3n) is 3.41. The van der Waals surface area contributed by atoms with Crippen LogP contribution in [0, 0.1) is 0 Å². The van der Waals surface area contributed by atoms with E-state index in [0.717, 1.165) is 11.1 Å². The highest BCUT2D eigenvalue weighted by molar-refractivity contribution is 5.43. The van der Waals surface area contributed by atoms with Crippen LogP contribution in [0.1, 0.15) is 23.7 Å². The number of aromatic hydroxyl groups is 1. The van der Waals surface area contributed by atoms with Gasteiger partial charge in [0.1, 0.15) is 5.75 Å². The van der Waals surface area contributed by atoms with Crippen LogP contribution in [0.15, 0.2) is 42.5 Å². The van der Waals surface area contributed by atoms with Gasteiger partial charge in [-0.15, -0.1) is 0 Å². The van der Waals surface area contributed by atoms with Crippen molar-refractivity contribution in [2.24, 2.45) is 0 Å². The summed E-state index contributed by atoms with van der Waals surface area (Å²) in [5.74, 6) is 1.54. The van der Waals surface area contributed by atoms with Gasteiger partial charge in [0.05, 0.1) is 20.3 Å². The number of hydrogen-bond donors (Lipinski definition) is 2. The average molecular weight is 288 g/mol. The van der Waals surface area contributed by atoms with Gasteiger partial charge in [-0.05, 0) is 48.2 Å². The minimum atomic E-state index is -0.606. The summed E-state index contributed by atoms with van der Waals surface area (Å²) in [6.07, 6.45) is 0.668. The maximum absolute atomic E-state index is 10.2. The Hall–Kier alpha value is -2.20. The Morgan fingerprint density at radius 3 is 2.43 bits per heavy atom. The van der Waals surface area contributed by atoms with Crippen molar-refractivity contribution in [3.8, 4) is 17.2 Å². The Bertz CT molecular complexity index is 595.